The van der Waals surface area contributed by atoms with Crippen LogP contribution < -0.4 is 16.0 Å². The number of sulfonamides is 1. The predicted octanol–water partition coefficient (Wildman–Crippen LogP) is 3.70. The smallest absolute Gasteiger partial charge is 0.407 e. The van der Waals surface area contributed by atoms with Crippen LogP contribution in [-0.2, 0) is 19.6 Å². The number of pyridine rings is 1. The van der Waals surface area contributed by atoms with Gasteiger partial charge < -0.3 is 20.7 Å². The number of piperazine rings is 1. The topological polar surface area (TPSA) is 130 Å². The third-order valence-corrected chi connectivity index (χ3v) is 11.4. The van der Waals surface area contributed by atoms with Gasteiger partial charge in [0.2, 0.25) is 15.9 Å². The van der Waals surface area contributed by atoms with Gasteiger partial charge in [-0.25, -0.2) is 22.0 Å². The second kappa shape index (κ2) is 14.1. The van der Waals surface area contributed by atoms with E-state index in [4.69, 9.17) is 16.3 Å². The zero-order valence-electron chi connectivity index (χ0n) is 24.5. The molecule has 3 fully saturated rings. The van der Waals surface area contributed by atoms with Gasteiger partial charge in [0.15, 0.2) is 0 Å². The van der Waals surface area contributed by atoms with Crippen molar-refractivity contribution in [3.8, 4) is 0 Å². The van der Waals surface area contributed by atoms with Gasteiger partial charge in [0.05, 0.1) is 24.1 Å². The molecular weight excluding hydrogens is 616 g/mol. The fourth-order valence-corrected chi connectivity index (χ4v) is 8.79. The first-order chi connectivity index (χ1) is 21.1. The number of hydrogen-bond donors (Lipinski definition) is 3. The van der Waals surface area contributed by atoms with Crippen LogP contribution in [0.4, 0.5) is 13.6 Å². The minimum Gasteiger partial charge on any atom is -0.453 e. The molecule has 0 radical (unpaired) electrons. The number of aromatic nitrogens is 1. The maximum atomic E-state index is 14.6. The van der Waals surface area contributed by atoms with Gasteiger partial charge in [0.25, 0.3) is 0 Å². The van der Waals surface area contributed by atoms with E-state index < -0.39 is 45.6 Å². The first-order valence-corrected chi connectivity index (χ1v) is 17.0. The maximum absolute atomic E-state index is 14.6. The Morgan fingerprint density at radius 2 is 1.95 bits per heavy atom. The van der Waals surface area contributed by atoms with Gasteiger partial charge in [0.1, 0.15) is 17.7 Å². The molecule has 3 aliphatic rings. The molecule has 1 aliphatic carbocycles. The number of hydrogen-bond acceptors (Lipinski definition) is 7. The summed E-state index contributed by atoms with van der Waals surface area (Å²) in [4.78, 5) is 30.4. The van der Waals surface area contributed by atoms with Crippen LogP contribution in [0.1, 0.15) is 62.0 Å². The number of halogens is 3. The Kier molecular flexibility index (Phi) is 10.4. The number of rotatable bonds is 9. The van der Waals surface area contributed by atoms with E-state index in [0.29, 0.717) is 38.8 Å². The number of fused-ring (bicyclic) bond motifs is 2. The molecule has 2 amide bonds. The Labute approximate surface area is 261 Å². The SMILES string of the molecule is COC(=O)NC(C(=O)NC1CCCC1CCC1CNC2CCCS(=O)(=O)N1C2)C(c1cncc(F)c1)c1ccc(Cl)c(F)c1. The second-order valence-corrected chi connectivity index (χ2v) is 14.3. The monoisotopic (exact) mass is 653 g/mol. The summed E-state index contributed by atoms with van der Waals surface area (Å²) in [6.07, 6.45) is 6.77. The number of ether oxygens (including phenoxy) is 1. The average Bonchev–Trinajstić information content (AvgIpc) is 3.39. The van der Waals surface area contributed by atoms with E-state index in [2.05, 4.69) is 20.9 Å². The lowest BCUT2D eigenvalue weighted by molar-refractivity contribution is -0.124. The fourth-order valence-electron chi connectivity index (χ4n) is 6.86. The van der Waals surface area contributed by atoms with Crippen molar-refractivity contribution < 1.29 is 31.5 Å². The quantitative estimate of drug-likeness (QED) is 0.376. The maximum Gasteiger partial charge on any atom is 0.407 e. The van der Waals surface area contributed by atoms with E-state index in [0.717, 1.165) is 38.6 Å². The molecule has 10 nitrogen and oxygen atoms in total. The van der Waals surface area contributed by atoms with Gasteiger partial charge in [-0.3, -0.25) is 9.78 Å². The first kappa shape index (κ1) is 32.5. The third-order valence-electron chi connectivity index (χ3n) is 9.08. The molecule has 1 aromatic carbocycles. The molecule has 7 atom stereocenters. The van der Waals surface area contributed by atoms with E-state index in [9.17, 15) is 26.8 Å². The molecule has 0 spiro atoms. The highest BCUT2D eigenvalue weighted by atomic mass is 35.5. The van der Waals surface area contributed by atoms with Gasteiger partial charge in [-0.1, -0.05) is 24.1 Å². The molecule has 5 rings (SSSR count). The standard InChI is InChI=1S/C30H38ClF2N5O5S/c1-43-30(40)37-28(27(20-12-21(32)15-34-14-20)19-8-10-24(31)25(33)13-19)29(39)36-26-6-2-4-18(26)7-9-23-16-35-22-5-3-11-44(41,42)38(23)17-22/h8,10,12-15,18,22-23,26-28,35H,2-7,9,11,16-17H2,1H3,(H,36,39)(H,37,40). The lowest BCUT2D eigenvalue weighted by Crippen LogP contribution is -2.57. The van der Waals surface area contributed by atoms with E-state index in [-0.39, 0.29) is 45.9 Å². The highest BCUT2D eigenvalue weighted by Crippen LogP contribution is 2.34. The van der Waals surface area contributed by atoms with Gasteiger partial charge in [-0.15, -0.1) is 0 Å². The van der Waals surface area contributed by atoms with Crippen molar-refractivity contribution in [1.29, 1.82) is 0 Å². The minimum absolute atomic E-state index is 0.0902. The van der Waals surface area contributed by atoms with Crippen LogP contribution in [0.3, 0.4) is 0 Å². The highest BCUT2D eigenvalue weighted by molar-refractivity contribution is 7.89. The Morgan fingerprint density at radius 1 is 1.14 bits per heavy atom. The van der Waals surface area contributed by atoms with Gasteiger partial charge >= 0.3 is 6.09 Å². The summed E-state index contributed by atoms with van der Waals surface area (Å²) in [7, 11) is -2.15. The van der Waals surface area contributed by atoms with Crippen molar-refractivity contribution in [3.05, 3.63) is 64.4 Å². The molecule has 1 aromatic heterocycles. The number of alkyl carbamates (subject to hydrolysis) is 1. The van der Waals surface area contributed by atoms with E-state index in [1.54, 1.807) is 4.31 Å². The summed E-state index contributed by atoms with van der Waals surface area (Å²) in [5.74, 6) is -2.72. The summed E-state index contributed by atoms with van der Waals surface area (Å²) >= 11 is 5.92. The van der Waals surface area contributed by atoms with Gasteiger partial charge in [-0.2, -0.15) is 4.31 Å². The van der Waals surface area contributed by atoms with Crippen molar-refractivity contribution in [3.63, 3.8) is 0 Å². The molecule has 1 saturated carbocycles. The molecule has 2 bridgehead atoms. The van der Waals surface area contributed by atoms with Crippen molar-refractivity contribution in [2.45, 2.75) is 75.0 Å². The number of carbonyl (C=O) groups is 2. The largest absolute Gasteiger partial charge is 0.453 e. The van der Waals surface area contributed by atoms with Gasteiger partial charge in [0, 0.05) is 43.3 Å². The minimum atomic E-state index is -3.31. The van der Waals surface area contributed by atoms with E-state index >= 15 is 0 Å². The van der Waals surface area contributed by atoms with Crippen molar-refractivity contribution >= 4 is 33.6 Å². The summed E-state index contributed by atoms with van der Waals surface area (Å²) in [5, 5.41) is 9.02. The lowest BCUT2D eigenvalue weighted by Gasteiger charge is -2.38. The zero-order chi connectivity index (χ0) is 31.4. The Morgan fingerprint density at radius 3 is 2.70 bits per heavy atom. The van der Waals surface area contributed by atoms with Crippen molar-refractivity contribution in [1.82, 2.24) is 25.2 Å². The molecule has 2 aliphatic heterocycles. The molecule has 2 saturated heterocycles. The fraction of sp³-hybridized carbons (Fsp3) is 0.567. The van der Waals surface area contributed by atoms with Crippen LogP contribution in [0.25, 0.3) is 0 Å². The summed E-state index contributed by atoms with van der Waals surface area (Å²) in [5.41, 5.74) is 0.522. The molecule has 3 heterocycles. The van der Waals surface area contributed by atoms with Crippen LogP contribution in [0, 0.1) is 17.6 Å². The molecular formula is C30H38ClF2N5O5S. The molecule has 2 aromatic rings. The number of nitrogens with one attached hydrogen (secondary N) is 3. The summed E-state index contributed by atoms with van der Waals surface area (Å²) in [6, 6.07) is 3.66. The van der Waals surface area contributed by atoms with Crippen LogP contribution in [-0.4, -0.2) is 79.8 Å². The summed E-state index contributed by atoms with van der Waals surface area (Å²) < 4.78 is 61.2. The average molecular weight is 654 g/mol. The number of amides is 2. The number of benzene rings is 1. The molecule has 3 N–H and O–H groups in total. The Balaban J connectivity index is 1.36. The lowest BCUT2D eigenvalue weighted by atomic mass is 9.84. The highest BCUT2D eigenvalue weighted by Gasteiger charge is 2.40. The third kappa shape index (κ3) is 7.49. The van der Waals surface area contributed by atoms with Crippen LogP contribution in [0.15, 0.2) is 36.7 Å². The van der Waals surface area contributed by atoms with Crippen LogP contribution in [0.2, 0.25) is 5.02 Å². The van der Waals surface area contributed by atoms with E-state index in [1.807, 2.05) is 0 Å². The predicted molar refractivity (Wildman–Crippen MR) is 161 cm³/mol. The van der Waals surface area contributed by atoms with Crippen molar-refractivity contribution in [2.75, 3.05) is 26.0 Å². The number of carbonyl (C=O) groups excluding carboxylic acids is 2. The van der Waals surface area contributed by atoms with Gasteiger partial charge in [-0.05, 0) is 73.8 Å². The molecule has 7 unspecified atom stereocenters. The summed E-state index contributed by atoms with van der Waals surface area (Å²) in [6.45, 7) is 1.08. The molecule has 14 heteroatoms. The Bertz CT molecular complexity index is 1470. The Hall–Kier alpha value is -2.87. The van der Waals surface area contributed by atoms with Crippen molar-refractivity contribution in [2.24, 2.45) is 5.92 Å². The number of nitrogens with zero attached hydrogens (tertiary/aromatic N) is 2. The molecule has 240 valence electrons. The first-order valence-electron chi connectivity index (χ1n) is 15.0. The van der Waals surface area contributed by atoms with Crippen LogP contribution in [0.5, 0.6) is 0 Å². The number of methoxy groups -OCH3 is 1. The normalized spacial score (nSPS) is 27.5. The zero-order valence-corrected chi connectivity index (χ0v) is 26.0. The second-order valence-electron chi connectivity index (χ2n) is 11.9. The van der Waals surface area contributed by atoms with E-state index in [1.165, 1.54) is 24.4 Å². The van der Waals surface area contributed by atoms with Crippen LogP contribution >= 0.6 is 11.6 Å². The molecule has 44 heavy (non-hydrogen) atoms.